The van der Waals surface area contributed by atoms with Crippen molar-refractivity contribution in [2.75, 3.05) is 38.8 Å². The zero-order valence-electron chi connectivity index (χ0n) is 18.8. The van der Waals surface area contributed by atoms with Crippen molar-refractivity contribution in [3.8, 4) is 11.5 Å². The Morgan fingerprint density at radius 3 is 2.59 bits per heavy atom. The molecule has 5 rings (SSSR count). The van der Waals surface area contributed by atoms with Crippen LogP contribution in [0, 0.1) is 0 Å². The van der Waals surface area contributed by atoms with Crippen LogP contribution in [0.25, 0.3) is 10.9 Å². The molecule has 3 heterocycles. The fourth-order valence-corrected chi connectivity index (χ4v) is 4.98. The second-order valence-corrected chi connectivity index (χ2v) is 8.68. The quantitative estimate of drug-likeness (QED) is 0.663. The van der Waals surface area contributed by atoms with Crippen LogP contribution in [0.1, 0.15) is 36.0 Å². The number of nitrogens with one attached hydrogen (secondary N) is 1. The number of aromatic nitrogens is 2. The van der Waals surface area contributed by atoms with Crippen LogP contribution >= 0.6 is 0 Å². The molecule has 1 N–H and O–H groups in total. The summed E-state index contributed by atoms with van der Waals surface area (Å²) in [6, 6.07) is 10.1. The van der Waals surface area contributed by atoms with Crippen molar-refractivity contribution in [1.82, 2.24) is 14.9 Å². The molecule has 0 unspecified atom stereocenters. The van der Waals surface area contributed by atoms with Gasteiger partial charge >= 0.3 is 0 Å². The summed E-state index contributed by atoms with van der Waals surface area (Å²) in [5.41, 5.74) is 4.66. The van der Waals surface area contributed by atoms with Gasteiger partial charge in [0.05, 0.1) is 25.1 Å². The summed E-state index contributed by atoms with van der Waals surface area (Å²) in [7, 11) is 3.14. The zero-order valence-corrected chi connectivity index (χ0v) is 18.8. The van der Waals surface area contributed by atoms with E-state index in [1.807, 2.05) is 0 Å². The third-order valence-electron chi connectivity index (χ3n) is 6.70. The van der Waals surface area contributed by atoms with Crippen LogP contribution < -0.4 is 19.9 Å². The average Bonchev–Trinajstić information content (AvgIpc) is 2.83. The van der Waals surface area contributed by atoms with E-state index in [1.165, 1.54) is 49.0 Å². The van der Waals surface area contributed by atoms with Gasteiger partial charge in [0.2, 0.25) is 5.95 Å². The highest BCUT2D eigenvalue weighted by Gasteiger charge is 2.22. The van der Waals surface area contributed by atoms with Gasteiger partial charge in [0.15, 0.2) is 11.5 Å². The number of fused-ring (bicyclic) bond motifs is 2. The first-order valence-corrected chi connectivity index (χ1v) is 11.4. The van der Waals surface area contributed by atoms with Gasteiger partial charge in [0, 0.05) is 25.7 Å². The van der Waals surface area contributed by atoms with Gasteiger partial charge in [-0.15, -0.1) is 0 Å². The summed E-state index contributed by atoms with van der Waals surface area (Å²) >= 11 is 0. The normalized spacial score (nSPS) is 16.8. The van der Waals surface area contributed by atoms with Gasteiger partial charge in [0.25, 0.3) is 5.56 Å². The van der Waals surface area contributed by atoms with Crippen LogP contribution in [0.3, 0.4) is 0 Å². The van der Waals surface area contributed by atoms with Crippen LogP contribution in [0.5, 0.6) is 11.5 Å². The van der Waals surface area contributed by atoms with Crippen LogP contribution in [0.2, 0.25) is 0 Å². The van der Waals surface area contributed by atoms with E-state index in [2.05, 4.69) is 33.0 Å². The van der Waals surface area contributed by atoms with Gasteiger partial charge in [-0.05, 0) is 55.1 Å². The smallest absolute Gasteiger partial charge is 0.260 e. The molecule has 2 aromatic carbocycles. The minimum atomic E-state index is -0.171. The van der Waals surface area contributed by atoms with Crippen molar-refractivity contribution in [2.24, 2.45) is 0 Å². The van der Waals surface area contributed by atoms with E-state index in [1.54, 1.807) is 26.4 Å². The third-order valence-corrected chi connectivity index (χ3v) is 6.70. The lowest BCUT2D eigenvalue weighted by atomic mass is 9.94. The SMILES string of the molecule is COc1cc2nc(N3CCc4c(CN5CCCCC5)cccc4C3)[nH]c(=O)c2cc1OC. The lowest BCUT2D eigenvalue weighted by molar-refractivity contribution is 0.220. The molecule has 0 aliphatic carbocycles. The van der Waals surface area contributed by atoms with Crippen molar-refractivity contribution < 1.29 is 9.47 Å². The second kappa shape index (κ2) is 8.82. The van der Waals surface area contributed by atoms with Gasteiger partial charge in [-0.2, -0.15) is 0 Å². The van der Waals surface area contributed by atoms with E-state index >= 15 is 0 Å². The Morgan fingerprint density at radius 2 is 1.81 bits per heavy atom. The standard InChI is InChI=1S/C25H30N4O3/c1-31-22-13-20-21(14-23(22)32-2)26-25(27-24(20)30)29-12-9-19-17(7-6-8-18(19)16-29)15-28-10-4-3-5-11-28/h6-8,13-14H,3-5,9-12,15-16H2,1-2H3,(H,26,27,30). The molecule has 0 amide bonds. The molecule has 2 aliphatic rings. The maximum Gasteiger partial charge on any atom is 0.260 e. The number of likely N-dealkylation sites (tertiary alicyclic amines) is 1. The van der Waals surface area contributed by atoms with Crippen LogP contribution in [0.4, 0.5) is 5.95 Å². The van der Waals surface area contributed by atoms with E-state index < -0.39 is 0 Å². The molecule has 1 aromatic heterocycles. The molecule has 0 bridgehead atoms. The molecule has 168 valence electrons. The van der Waals surface area contributed by atoms with E-state index in [0.29, 0.717) is 28.4 Å². The highest BCUT2D eigenvalue weighted by atomic mass is 16.5. The third kappa shape index (κ3) is 3.93. The Hall–Kier alpha value is -3.06. The number of rotatable bonds is 5. The molecule has 7 nitrogen and oxygen atoms in total. The molecular weight excluding hydrogens is 404 g/mol. The fraction of sp³-hybridized carbons (Fsp3) is 0.440. The molecule has 0 radical (unpaired) electrons. The number of aromatic amines is 1. The van der Waals surface area contributed by atoms with E-state index in [9.17, 15) is 4.79 Å². The van der Waals surface area contributed by atoms with E-state index in [-0.39, 0.29) is 5.56 Å². The molecule has 1 saturated heterocycles. The molecule has 0 spiro atoms. The highest BCUT2D eigenvalue weighted by molar-refractivity contribution is 5.82. The van der Waals surface area contributed by atoms with Crippen LogP contribution in [0.15, 0.2) is 35.1 Å². The van der Waals surface area contributed by atoms with Crippen molar-refractivity contribution in [3.63, 3.8) is 0 Å². The van der Waals surface area contributed by atoms with Crippen molar-refractivity contribution in [2.45, 2.75) is 38.8 Å². The summed E-state index contributed by atoms with van der Waals surface area (Å²) < 4.78 is 10.7. The Morgan fingerprint density at radius 1 is 1.03 bits per heavy atom. The lowest BCUT2D eigenvalue weighted by Crippen LogP contribution is -2.35. The number of anilines is 1. The topological polar surface area (TPSA) is 70.7 Å². The van der Waals surface area contributed by atoms with Gasteiger partial charge in [0.1, 0.15) is 0 Å². The Labute approximate surface area is 188 Å². The Balaban J connectivity index is 1.43. The van der Waals surface area contributed by atoms with Gasteiger partial charge in [-0.3, -0.25) is 14.7 Å². The second-order valence-electron chi connectivity index (χ2n) is 8.68. The number of ether oxygens (including phenoxy) is 2. The van der Waals surface area contributed by atoms with E-state index in [0.717, 1.165) is 26.1 Å². The van der Waals surface area contributed by atoms with Crippen LogP contribution in [-0.2, 0) is 19.5 Å². The number of piperidine rings is 1. The molecule has 1 fully saturated rings. The van der Waals surface area contributed by atoms with Gasteiger partial charge in [-0.1, -0.05) is 24.6 Å². The highest BCUT2D eigenvalue weighted by Crippen LogP contribution is 2.31. The summed E-state index contributed by atoms with van der Waals surface area (Å²) in [6.07, 6.45) is 4.92. The molecular formula is C25H30N4O3. The van der Waals surface area contributed by atoms with Crippen molar-refractivity contribution in [1.29, 1.82) is 0 Å². The fourth-order valence-electron chi connectivity index (χ4n) is 4.98. The van der Waals surface area contributed by atoms with Gasteiger partial charge in [-0.25, -0.2) is 4.98 Å². The Bertz CT molecular complexity index is 1180. The molecule has 0 saturated carbocycles. The number of benzene rings is 2. The molecule has 3 aromatic rings. The summed E-state index contributed by atoms with van der Waals surface area (Å²) in [5, 5.41) is 0.493. The first-order valence-electron chi connectivity index (χ1n) is 11.4. The average molecular weight is 435 g/mol. The molecule has 7 heteroatoms. The first-order chi connectivity index (χ1) is 15.7. The monoisotopic (exact) mass is 434 g/mol. The van der Waals surface area contributed by atoms with Gasteiger partial charge < -0.3 is 14.4 Å². The maximum absolute atomic E-state index is 12.8. The zero-order chi connectivity index (χ0) is 22.1. The van der Waals surface area contributed by atoms with Crippen molar-refractivity contribution in [3.05, 3.63) is 57.4 Å². The summed E-state index contributed by atoms with van der Waals surface area (Å²) in [5.74, 6) is 1.69. The predicted octanol–water partition coefficient (Wildman–Crippen LogP) is 3.49. The molecule has 0 atom stereocenters. The number of hydrogen-bond donors (Lipinski definition) is 1. The lowest BCUT2D eigenvalue weighted by Gasteiger charge is -2.32. The minimum Gasteiger partial charge on any atom is -0.493 e. The Kier molecular flexibility index (Phi) is 5.74. The van der Waals surface area contributed by atoms with Crippen LogP contribution in [-0.4, -0.2) is 48.7 Å². The number of nitrogens with zero attached hydrogens (tertiary/aromatic N) is 3. The molecule has 2 aliphatic heterocycles. The minimum absolute atomic E-state index is 0.171. The van der Waals surface area contributed by atoms with Crippen molar-refractivity contribution >= 4 is 16.9 Å². The summed E-state index contributed by atoms with van der Waals surface area (Å²) in [6.45, 7) is 5.01. The number of hydrogen-bond acceptors (Lipinski definition) is 6. The maximum atomic E-state index is 12.8. The largest absolute Gasteiger partial charge is 0.493 e. The summed E-state index contributed by atoms with van der Waals surface area (Å²) in [4.78, 5) is 25.3. The number of H-pyrrole nitrogens is 1. The molecule has 32 heavy (non-hydrogen) atoms. The van der Waals surface area contributed by atoms with E-state index in [4.69, 9.17) is 14.5 Å². The number of methoxy groups -OCH3 is 2. The predicted molar refractivity (Wildman–Crippen MR) is 126 cm³/mol. The first kappa shape index (κ1) is 20.8.